The minimum absolute atomic E-state index is 0.424. The first-order chi connectivity index (χ1) is 14.8. The highest BCUT2D eigenvalue weighted by atomic mass is 16.5. The standard InChI is InChI=1S/C26H34N2O2/c1-29-25-15-20-11-13-27-23(22(20)16-26(25)30-2)9-7-18-8-10-24-21-6-4-3-5-19(21)12-14-28(24)17-18/h3-6,15-16,18,23-24,27H,7-14,17H2,1-2H3/t18-,23-,24-/m1/s1. The van der Waals surface area contributed by atoms with Crippen molar-refractivity contribution < 1.29 is 9.47 Å². The molecule has 0 unspecified atom stereocenters. The van der Waals surface area contributed by atoms with E-state index in [0.717, 1.165) is 30.4 Å². The average Bonchev–Trinajstić information content (AvgIpc) is 2.81. The quantitative estimate of drug-likeness (QED) is 0.782. The number of piperidine rings is 1. The molecule has 3 aliphatic heterocycles. The molecule has 0 aliphatic carbocycles. The van der Waals surface area contributed by atoms with Crippen LogP contribution in [0.4, 0.5) is 0 Å². The van der Waals surface area contributed by atoms with E-state index in [1.165, 1.54) is 56.3 Å². The van der Waals surface area contributed by atoms with Gasteiger partial charge in [-0.15, -0.1) is 0 Å². The molecule has 0 radical (unpaired) electrons. The first-order valence-corrected chi connectivity index (χ1v) is 11.6. The van der Waals surface area contributed by atoms with E-state index < -0.39 is 0 Å². The summed E-state index contributed by atoms with van der Waals surface area (Å²) in [4.78, 5) is 2.76. The van der Waals surface area contributed by atoms with Crippen LogP contribution < -0.4 is 14.8 Å². The predicted octanol–water partition coefficient (Wildman–Crippen LogP) is 4.68. The maximum Gasteiger partial charge on any atom is 0.161 e. The number of rotatable bonds is 5. The minimum Gasteiger partial charge on any atom is -0.493 e. The summed E-state index contributed by atoms with van der Waals surface area (Å²) in [5, 5.41) is 3.76. The van der Waals surface area contributed by atoms with E-state index in [1.54, 1.807) is 25.3 Å². The molecule has 160 valence electrons. The molecular formula is C26H34N2O2. The fourth-order valence-corrected chi connectivity index (χ4v) is 5.94. The van der Waals surface area contributed by atoms with Crippen LogP contribution in [-0.4, -0.2) is 38.8 Å². The van der Waals surface area contributed by atoms with Crippen molar-refractivity contribution in [1.82, 2.24) is 10.2 Å². The van der Waals surface area contributed by atoms with Gasteiger partial charge in [-0.3, -0.25) is 4.90 Å². The zero-order chi connectivity index (χ0) is 20.5. The molecule has 0 bridgehead atoms. The SMILES string of the molecule is COc1cc2c(cc1OC)[C@@H](CC[C@@H]1CC[C@@H]3c4ccccc4CCN3C1)NCC2. The van der Waals surface area contributed by atoms with E-state index in [1.807, 2.05) is 0 Å². The Bertz CT molecular complexity index is 897. The summed E-state index contributed by atoms with van der Waals surface area (Å²) in [5.74, 6) is 2.50. The van der Waals surface area contributed by atoms with Crippen molar-refractivity contribution in [3.63, 3.8) is 0 Å². The van der Waals surface area contributed by atoms with Gasteiger partial charge in [0.2, 0.25) is 0 Å². The van der Waals surface area contributed by atoms with Gasteiger partial charge in [0.1, 0.15) is 0 Å². The van der Waals surface area contributed by atoms with Crippen LogP contribution in [0.3, 0.4) is 0 Å². The van der Waals surface area contributed by atoms with E-state index >= 15 is 0 Å². The number of nitrogens with one attached hydrogen (secondary N) is 1. The van der Waals surface area contributed by atoms with E-state index in [0.29, 0.717) is 12.1 Å². The molecular weight excluding hydrogens is 372 g/mol. The maximum atomic E-state index is 5.57. The lowest BCUT2D eigenvalue weighted by Crippen LogP contribution is -2.42. The van der Waals surface area contributed by atoms with Gasteiger partial charge in [-0.1, -0.05) is 24.3 Å². The van der Waals surface area contributed by atoms with E-state index in [2.05, 4.69) is 46.6 Å². The van der Waals surface area contributed by atoms with Crippen molar-refractivity contribution in [2.24, 2.45) is 5.92 Å². The monoisotopic (exact) mass is 406 g/mol. The van der Waals surface area contributed by atoms with E-state index in [4.69, 9.17) is 9.47 Å². The number of hydrogen-bond acceptors (Lipinski definition) is 4. The Hall–Kier alpha value is -2.04. The van der Waals surface area contributed by atoms with Crippen LogP contribution in [0, 0.1) is 5.92 Å². The second-order valence-corrected chi connectivity index (χ2v) is 9.14. The fraction of sp³-hybridized carbons (Fsp3) is 0.538. The molecule has 1 fully saturated rings. The largest absolute Gasteiger partial charge is 0.493 e. The van der Waals surface area contributed by atoms with Crippen molar-refractivity contribution in [3.05, 3.63) is 58.7 Å². The van der Waals surface area contributed by atoms with Gasteiger partial charge in [-0.2, -0.15) is 0 Å². The number of hydrogen-bond donors (Lipinski definition) is 1. The van der Waals surface area contributed by atoms with Crippen molar-refractivity contribution in [2.45, 2.75) is 50.6 Å². The van der Waals surface area contributed by atoms with Gasteiger partial charge in [-0.05, 0) is 85.4 Å². The van der Waals surface area contributed by atoms with Gasteiger partial charge in [0.05, 0.1) is 14.2 Å². The molecule has 0 saturated carbocycles. The van der Waals surface area contributed by atoms with Gasteiger partial charge >= 0.3 is 0 Å². The van der Waals surface area contributed by atoms with Crippen molar-refractivity contribution in [1.29, 1.82) is 0 Å². The van der Waals surface area contributed by atoms with Gasteiger partial charge in [0, 0.05) is 25.2 Å². The Morgan fingerprint density at radius 3 is 2.63 bits per heavy atom. The summed E-state index contributed by atoms with van der Waals surface area (Å²) in [6, 6.07) is 14.5. The first-order valence-electron chi connectivity index (χ1n) is 11.6. The third-order valence-electron chi connectivity index (χ3n) is 7.53. The van der Waals surface area contributed by atoms with Crippen LogP contribution in [0.15, 0.2) is 36.4 Å². The Morgan fingerprint density at radius 1 is 0.933 bits per heavy atom. The van der Waals surface area contributed by atoms with Crippen LogP contribution >= 0.6 is 0 Å². The van der Waals surface area contributed by atoms with Crippen LogP contribution in [0.1, 0.15) is 60.0 Å². The van der Waals surface area contributed by atoms with Crippen LogP contribution in [0.2, 0.25) is 0 Å². The third kappa shape index (κ3) is 3.72. The first kappa shape index (κ1) is 19.9. The lowest BCUT2D eigenvalue weighted by molar-refractivity contribution is 0.0926. The molecule has 1 N–H and O–H groups in total. The van der Waals surface area contributed by atoms with Crippen molar-refractivity contribution in [2.75, 3.05) is 33.9 Å². The molecule has 5 rings (SSSR count). The van der Waals surface area contributed by atoms with Gasteiger partial charge < -0.3 is 14.8 Å². The van der Waals surface area contributed by atoms with Gasteiger partial charge in [-0.25, -0.2) is 0 Å². The molecule has 0 amide bonds. The lowest BCUT2D eigenvalue weighted by atomic mass is 9.81. The fourth-order valence-electron chi connectivity index (χ4n) is 5.94. The maximum absolute atomic E-state index is 5.57. The Kier molecular flexibility index (Phi) is 5.70. The average molecular weight is 407 g/mol. The molecule has 1 saturated heterocycles. The van der Waals surface area contributed by atoms with E-state index in [9.17, 15) is 0 Å². The molecule has 3 atom stereocenters. The Labute approximate surface area is 180 Å². The summed E-state index contributed by atoms with van der Waals surface area (Å²) in [6.45, 7) is 3.52. The number of nitrogens with zero attached hydrogens (tertiary/aromatic N) is 1. The van der Waals surface area contributed by atoms with Crippen LogP contribution in [-0.2, 0) is 12.8 Å². The highest BCUT2D eigenvalue weighted by Crippen LogP contribution is 2.41. The summed E-state index contributed by atoms with van der Waals surface area (Å²) in [6.07, 6.45) is 7.41. The number of benzene rings is 2. The molecule has 3 aliphatic rings. The number of ether oxygens (including phenoxy) is 2. The topological polar surface area (TPSA) is 33.7 Å². The molecule has 3 heterocycles. The zero-order valence-corrected chi connectivity index (χ0v) is 18.3. The molecule has 30 heavy (non-hydrogen) atoms. The van der Waals surface area contributed by atoms with Crippen LogP contribution in [0.5, 0.6) is 11.5 Å². The Morgan fingerprint density at radius 2 is 1.77 bits per heavy atom. The molecule has 0 aromatic heterocycles. The van der Waals surface area contributed by atoms with Gasteiger partial charge in [0.15, 0.2) is 11.5 Å². The number of methoxy groups -OCH3 is 2. The predicted molar refractivity (Wildman–Crippen MR) is 120 cm³/mol. The summed E-state index contributed by atoms with van der Waals surface area (Å²) < 4.78 is 11.1. The minimum atomic E-state index is 0.424. The van der Waals surface area contributed by atoms with Gasteiger partial charge in [0.25, 0.3) is 0 Å². The molecule has 2 aromatic carbocycles. The lowest BCUT2D eigenvalue weighted by Gasteiger charge is -2.44. The summed E-state index contributed by atoms with van der Waals surface area (Å²) in [7, 11) is 3.45. The molecule has 2 aromatic rings. The second-order valence-electron chi connectivity index (χ2n) is 9.14. The van der Waals surface area contributed by atoms with Crippen molar-refractivity contribution in [3.8, 4) is 11.5 Å². The zero-order valence-electron chi connectivity index (χ0n) is 18.3. The summed E-state index contributed by atoms with van der Waals surface area (Å²) >= 11 is 0. The van der Waals surface area contributed by atoms with E-state index in [-0.39, 0.29) is 0 Å². The second kappa shape index (κ2) is 8.60. The number of fused-ring (bicyclic) bond motifs is 4. The molecule has 0 spiro atoms. The van der Waals surface area contributed by atoms with Crippen LogP contribution in [0.25, 0.3) is 0 Å². The highest BCUT2D eigenvalue weighted by molar-refractivity contribution is 5.49. The third-order valence-corrected chi connectivity index (χ3v) is 7.53. The molecule has 4 nitrogen and oxygen atoms in total. The highest BCUT2D eigenvalue weighted by Gasteiger charge is 2.33. The summed E-state index contributed by atoms with van der Waals surface area (Å²) in [5.41, 5.74) is 5.97. The Balaban J connectivity index is 1.24. The smallest absolute Gasteiger partial charge is 0.161 e. The van der Waals surface area contributed by atoms with Crippen molar-refractivity contribution >= 4 is 0 Å². The molecule has 4 heteroatoms. The normalized spacial score (nSPS) is 25.7.